The minimum Gasteiger partial charge on any atom is -0.353 e. The van der Waals surface area contributed by atoms with Gasteiger partial charge in [-0.15, -0.1) is 5.10 Å². The molecule has 0 bridgehead atoms. The van der Waals surface area contributed by atoms with Gasteiger partial charge in [0.05, 0.1) is 5.69 Å². The fourth-order valence-corrected chi connectivity index (χ4v) is 4.28. The van der Waals surface area contributed by atoms with Gasteiger partial charge in [-0.2, -0.15) is 4.98 Å². The molecule has 1 aliphatic heterocycles. The lowest BCUT2D eigenvalue weighted by Crippen LogP contribution is -2.49. The standard InChI is InChI=1S/C20H23N7O2S/c1-2-3-15-17(30-25-23-15)20(28)27-10-8-26(9-11-27)16-7-6-14(12-21-16)18-22-19(29-24-18)13-4-5-13/h6-7,12-13H,2-5,8-11H2,1H3. The van der Waals surface area contributed by atoms with Crippen LogP contribution in [0.15, 0.2) is 22.9 Å². The Kier molecular flexibility index (Phi) is 5.16. The average molecular weight is 426 g/mol. The van der Waals surface area contributed by atoms with Crippen molar-refractivity contribution in [2.75, 3.05) is 31.1 Å². The first-order valence-electron chi connectivity index (χ1n) is 10.4. The molecule has 3 aromatic heterocycles. The quantitative estimate of drug-likeness (QED) is 0.594. The number of aromatic nitrogens is 5. The van der Waals surface area contributed by atoms with Crippen LogP contribution in [0.5, 0.6) is 0 Å². The molecule has 0 atom stereocenters. The smallest absolute Gasteiger partial charge is 0.267 e. The maximum absolute atomic E-state index is 12.9. The van der Waals surface area contributed by atoms with Crippen molar-refractivity contribution < 1.29 is 9.32 Å². The Labute approximate surface area is 178 Å². The summed E-state index contributed by atoms with van der Waals surface area (Å²) in [5.74, 6) is 2.69. The lowest BCUT2D eigenvalue weighted by atomic mass is 10.2. The van der Waals surface area contributed by atoms with E-state index in [4.69, 9.17) is 4.52 Å². The lowest BCUT2D eigenvalue weighted by molar-refractivity contribution is 0.0750. The van der Waals surface area contributed by atoms with Gasteiger partial charge in [0, 0.05) is 43.9 Å². The first-order valence-corrected chi connectivity index (χ1v) is 11.2. The summed E-state index contributed by atoms with van der Waals surface area (Å²) in [5, 5.41) is 8.19. The Morgan fingerprint density at radius 2 is 2.07 bits per heavy atom. The van der Waals surface area contributed by atoms with Gasteiger partial charge in [-0.1, -0.05) is 23.0 Å². The largest absolute Gasteiger partial charge is 0.353 e. The van der Waals surface area contributed by atoms with E-state index in [0.29, 0.717) is 29.7 Å². The summed E-state index contributed by atoms with van der Waals surface area (Å²) < 4.78 is 9.31. The molecule has 1 amide bonds. The highest BCUT2D eigenvalue weighted by molar-refractivity contribution is 7.08. The van der Waals surface area contributed by atoms with Crippen molar-refractivity contribution in [3.05, 3.63) is 34.8 Å². The monoisotopic (exact) mass is 425 g/mol. The molecule has 2 fully saturated rings. The number of amides is 1. The number of rotatable bonds is 6. The average Bonchev–Trinajstić information content (AvgIpc) is 3.33. The third kappa shape index (κ3) is 3.79. The van der Waals surface area contributed by atoms with E-state index < -0.39 is 0 Å². The molecule has 5 rings (SSSR count). The third-order valence-electron chi connectivity index (χ3n) is 5.50. The number of pyridine rings is 1. The number of anilines is 1. The predicted octanol–water partition coefficient (Wildman–Crippen LogP) is 2.78. The molecule has 4 heterocycles. The van der Waals surface area contributed by atoms with E-state index in [1.54, 1.807) is 6.20 Å². The molecule has 2 aliphatic rings. The van der Waals surface area contributed by atoms with Crippen LogP contribution in [0.3, 0.4) is 0 Å². The number of carbonyl (C=O) groups is 1. The third-order valence-corrected chi connectivity index (χ3v) is 6.26. The van der Waals surface area contributed by atoms with E-state index in [1.807, 2.05) is 17.0 Å². The van der Waals surface area contributed by atoms with Crippen molar-refractivity contribution in [2.45, 2.75) is 38.5 Å². The molecule has 0 aromatic carbocycles. The zero-order valence-corrected chi connectivity index (χ0v) is 17.6. The molecule has 1 saturated carbocycles. The molecule has 156 valence electrons. The van der Waals surface area contributed by atoms with E-state index in [2.05, 4.69) is 36.5 Å². The van der Waals surface area contributed by atoms with Gasteiger partial charge >= 0.3 is 0 Å². The molecular weight excluding hydrogens is 402 g/mol. The second-order valence-electron chi connectivity index (χ2n) is 7.71. The van der Waals surface area contributed by atoms with Crippen LogP contribution in [0.25, 0.3) is 11.4 Å². The maximum atomic E-state index is 12.9. The number of hydrogen-bond acceptors (Lipinski definition) is 9. The Bertz CT molecular complexity index is 1020. The van der Waals surface area contributed by atoms with Crippen molar-refractivity contribution in [3.63, 3.8) is 0 Å². The Morgan fingerprint density at radius 1 is 1.23 bits per heavy atom. The number of nitrogens with zero attached hydrogens (tertiary/aromatic N) is 7. The predicted molar refractivity (Wildman–Crippen MR) is 112 cm³/mol. The molecule has 1 aliphatic carbocycles. The van der Waals surface area contributed by atoms with Crippen molar-refractivity contribution in [1.82, 2.24) is 29.6 Å². The molecule has 0 N–H and O–H groups in total. The van der Waals surface area contributed by atoms with E-state index >= 15 is 0 Å². The van der Waals surface area contributed by atoms with Crippen LogP contribution in [0.2, 0.25) is 0 Å². The van der Waals surface area contributed by atoms with Crippen molar-refractivity contribution in [2.24, 2.45) is 0 Å². The van der Waals surface area contributed by atoms with Crippen LogP contribution in [0.1, 0.15) is 53.4 Å². The second kappa shape index (κ2) is 8.10. The molecule has 9 nitrogen and oxygen atoms in total. The highest BCUT2D eigenvalue weighted by Gasteiger charge is 2.30. The molecule has 3 aromatic rings. The van der Waals surface area contributed by atoms with Crippen LogP contribution in [0, 0.1) is 0 Å². The van der Waals surface area contributed by atoms with Crippen molar-refractivity contribution in [1.29, 1.82) is 0 Å². The van der Waals surface area contributed by atoms with Gasteiger partial charge in [0.1, 0.15) is 10.7 Å². The first kappa shape index (κ1) is 19.1. The molecule has 0 radical (unpaired) electrons. The zero-order chi connectivity index (χ0) is 20.5. The van der Waals surface area contributed by atoms with E-state index in [0.717, 1.165) is 61.7 Å². The minimum atomic E-state index is 0.0416. The summed E-state index contributed by atoms with van der Waals surface area (Å²) in [5.41, 5.74) is 1.67. The fourth-order valence-electron chi connectivity index (χ4n) is 3.61. The normalized spacial score (nSPS) is 16.8. The van der Waals surface area contributed by atoms with Crippen LogP contribution >= 0.6 is 11.5 Å². The maximum Gasteiger partial charge on any atom is 0.267 e. The molecule has 30 heavy (non-hydrogen) atoms. The SMILES string of the molecule is CCCc1nnsc1C(=O)N1CCN(c2ccc(-c3noc(C4CC4)n3)cn2)CC1. The number of aryl methyl sites for hydroxylation is 1. The van der Waals surface area contributed by atoms with E-state index in [9.17, 15) is 4.79 Å². The topological polar surface area (TPSA) is 101 Å². The van der Waals surface area contributed by atoms with E-state index in [-0.39, 0.29) is 5.91 Å². The summed E-state index contributed by atoms with van der Waals surface area (Å²) >= 11 is 1.20. The molecule has 10 heteroatoms. The van der Waals surface area contributed by atoms with Crippen LogP contribution in [-0.2, 0) is 6.42 Å². The highest BCUT2D eigenvalue weighted by Crippen LogP contribution is 2.39. The molecule has 1 saturated heterocycles. The van der Waals surface area contributed by atoms with Gasteiger partial charge in [-0.3, -0.25) is 4.79 Å². The van der Waals surface area contributed by atoms with Crippen LogP contribution in [0.4, 0.5) is 5.82 Å². The molecule has 0 spiro atoms. The van der Waals surface area contributed by atoms with Crippen molar-refractivity contribution in [3.8, 4) is 11.4 Å². The minimum absolute atomic E-state index is 0.0416. The first-order chi connectivity index (χ1) is 14.7. The Balaban J connectivity index is 1.21. The van der Waals surface area contributed by atoms with Gasteiger partial charge in [-0.25, -0.2) is 4.98 Å². The van der Waals surface area contributed by atoms with Gasteiger partial charge in [0.2, 0.25) is 11.7 Å². The summed E-state index contributed by atoms with van der Waals surface area (Å²) in [7, 11) is 0. The summed E-state index contributed by atoms with van der Waals surface area (Å²) in [6.07, 6.45) is 5.79. The fraction of sp³-hybridized carbons (Fsp3) is 0.500. The second-order valence-corrected chi connectivity index (χ2v) is 8.47. The summed E-state index contributed by atoms with van der Waals surface area (Å²) in [6, 6.07) is 3.95. The Morgan fingerprint density at radius 3 is 2.77 bits per heavy atom. The van der Waals surface area contributed by atoms with Crippen LogP contribution < -0.4 is 4.90 Å². The number of carbonyl (C=O) groups excluding carboxylic acids is 1. The van der Waals surface area contributed by atoms with Crippen molar-refractivity contribution >= 4 is 23.3 Å². The van der Waals surface area contributed by atoms with Gasteiger partial charge in [0.15, 0.2) is 0 Å². The summed E-state index contributed by atoms with van der Waals surface area (Å²) in [6.45, 7) is 4.86. The van der Waals surface area contributed by atoms with Gasteiger partial charge in [-0.05, 0) is 42.9 Å². The zero-order valence-electron chi connectivity index (χ0n) is 16.8. The van der Waals surface area contributed by atoms with Gasteiger partial charge < -0.3 is 14.3 Å². The number of hydrogen-bond donors (Lipinski definition) is 0. The van der Waals surface area contributed by atoms with Crippen LogP contribution in [-0.4, -0.2) is 61.7 Å². The molecule has 0 unspecified atom stereocenters. The van der Waals surface area contributed by atoms with E-state index in [1.165, 1.54) is 11.5 Å². The Hall–Kier alpha value is -2.88. The highest BCUT2D eigenvalue weighted by atomic mass is 32.1. The lowest BCUT2D eigenvalue weighted by Gasteiger charge is -2.35. The van der Waals surface area contributed by atoms with Gasteiger partial charge in [0.25, 0.3) is 5.91 Å². The summed E-state index contributed by atoms with van der Waals surface area (Å²) in [4.78, 5) is 26.7. The number of piperazine rings is 1. The molecular formula is C20H23N7O2S.